The molecule has 0 aliphatic heterocycles. The minimum absolute atomic E-state index is 0.0000807. The first-order chi connectivity index (χ1) is 8.97. The molecule has 0 aromatic heterocycles. The monoisotopic (exact) mass is 270 g/mol. The molecule has 19 heavy (non-hydrogen) atoms. The minimum Gasteiger partial charge on any atom is -0.480 e. The molecule has 1 atom stereocenters. The van der Waals surface area contributed by atoms with Crippen LogP contribution in [-0.4, -0.2) is 28.9 Å². The van der Waals surface area contributed by atoms with Crippen LogP contribution in [0.15, 0.2) is 12.2 Å². The Morgan fingerprint density at radius 3 is 2.53 bits per heavy atom. The van der Waals surface area contributed by atoms with E-state index in [1.54, 1.807) is 6.08 Å². The first-order valence-electron chi connectivity index (χ1n) is 6.45. The maximum atomic E-state index is 11.5. The topological polar surface area (TPSA) is 109 Å². The summed E-state index contributed by atoms with van der Waals surface area (Å²) >= 11 is 0. The van der Waals surface area contributed by atoms with Gasteiger partial charge in [0.2, 0.25) is 11.8 Å². The Morgan fingerprint density at radius 2 is 2.00 bits per heavy atom. The highest BCUT2D eigenvalue weighted by Gasteiger charge is 2.19. The van der Waals surface area contributed by atoms with Gasteiger partial charge in [0, 0.05) is 6.42 Å². The number of nitrogens with one attached hydrogen (secondary N) is 1. The third-order valence-corrected chi connectivity index (χ3v) is 2.54. The van der Waals surface area contributed by atoms with E-state index >= 15 is 0 Å². The zero-order valence-corrected chi connectivity index (χ0v) is 11.2. The van der Waals surface area contributed by atoms with E-state index in [0.29, 0.717) is 0 Å². The van der Waals surface area contributed by atoms with Crippen LogP contribution in [0.1, 0.15) is 45.4 Å². The average molecular weight is 270 g/mol. The van der Waals surface area contributed by atoms with Crippen molar-refractivity contribution in [2.24, 2.45) is 5.73 Å². The molecular weight excluding hydrogens is 248 g/mol. The molecule has 0 aliphatic carbocycles. The molecule has 0 aromatic carbocycles. The van der Waals surface area contributed by atoms with Crippen molar-refractivity contribution in [3.63, 3.8) is 0 Å². The summed E-state index contributed by atoms with van der Waals surface area (Å²) < 4.78 is 0. The largest absolute Gasteiger partial charge is 0.480 e. The van der Waals surface area contributed by atoms with Gasteiger partial charge in [0.15, 0.2) is 0 Å². The summed E-state index contributed by atoms with van der Waals surface area (Å²) in [7, 11) is 0. The van der Waals surface area contributed by atoms with Crippen LogP contribution in [0.25, 0.3) is 0 Å². The highest BCUT2D eigenvalue weighted by atomic mass is 16.4. The summed E-state index contributed by atoms with van der Waals surface area (Å²) in [4.78, 5) is 32.9. The van der Waals surface area contributed by atoms with Gasteiger partial charge < -0.3 is 16.2 Å². The Kier molecular flexibility index (Phi) is 9.12. The third-order valence-electron chi connectivity index (χ3n) is 2.54. The summed E-state index contributed by atoms with van der Waals surface area (Å²) in [5.74, 6) is -2.22. The van der Waals surface area contributed by atoms with Crippen molar-refractivity contribution in [3.8, 4) is 0 Å². The van der Waals surface area contributed by atoms with Gasteiger partial charge in [0.05, 0.1) is 0 Å². The lowest BCUT2D eigenvalue weighted by Crippen LogP contribution is -2.40. The van der Waals surface area contributed by atoms with E-state index in [1.165, 1.54) is 6.08 Å². The molecule has 6 heteroatoms. The van der Waals surface area contributed by atoms with E-state index < -0.39 is 23.8 Å². The van der Waals surface area contributed by atoms with Crippen molar-refractivity contribution < 1.29 is 19.5 Å². The van der Waals surface area contributed by atoms with Gasteiger partial charge in [0.25, 0.3) is 0 Å². The summed E-state index contributed by atoms with van der Waals surface area (Å²) in [5.41, 5.74) is 4.94. The van der Waals surface area contributed by atoms with Crippen LogP contribution in [0.2, 0.25) is 0 Å². The van der Waals surface area contributed by atoms with Crippen LogP contribution >= 0.6 is 0 Å². The van der Waals surface area contributed by atoms with Gasteiger partial charge in [0.1, 0.15) is 6.04 Å². The number of rotatable bonds is 10. The number of aliphatic carboxylic acids is 1. The molecule has 0 heterocycles. The number of carbonyl (C=O) groups is 3. The number of amides is 2. The highest BCUT2D eigenvalue weighted by molar-refractivity contribution is 5.91. The maximum absolute atomic E-state index is 11.5. The second-order valence-corrected chi connectivity index (χ2v) is 4.30. The smallest absolute Gasteiger partial charge is 0.326 e. The van der Waals surface area contributed by atoms with Crippen LogP contribution in [0.4, 0.5) is 0 Å². The zero-order valence-electron chi connectivity index (χ0n) is 11.2. The molecule has 6 nitrogen and oxygen atoms in total. The number of carboxylic acids is 1. The number of hydrogen-bond acceptors (Lipinski definition) is 3. The van der Waals surface area contributed by atoms with Crippen molar-refractivity contribution in [2.45, 2.75) is 51.5 Å². The average Bonchev–Trinajstić information content (AvgIpc) is 2.33. The Bertz CT molecular complexity index is 340. The maximum Gasteiger partial charge on any atom is 0.326 e. The van der Waals surface area contributed by atoms with E-state index in [2.05, 4.69) is 12.2 Å². The van der Waals surface area contributed by atoms with Crippen molar-refractivity contribution >= 4 is 17.8 Å². The predicted octanol–water partition coefficient (Wildman–Crippen LogP) is 0.958. The number of allylic oxidation sites excluding steroid dienone is 1. The van der Waals surface area contributed by atoms with Crippen LogP contribution in [0.3, 0.4) is 0 Å². The first kappa shape index (κ1) is 17.2. The molecule has 0 saturated carbocycles. The number of nitrogens with two attached hydrogens (primary N) is 1. The number of unbranched alkanes of at least 4 members (excludes halogenated alkanes) is 3. The molecule has 0 spiro atoms. The van der Waals surface area contributed by atoms with Gasteiger partial charge in [-0.3, -0.25) is 9.59 Å². The number of primary amides is 1. The fourth-order valence-electron chi connectivity index (χ4n) is 1.47. The molecule has 108 valence electrons. The molecule has 0 aromatic rings. The van der Waals surface area contributed by atoms with Gasteiger partial charge >= 0.3 is 5.97 Å². The zero-order chi connectivity index (χ0) is 14.7. The second-order valence-electron chi connectivity index (χ2n) is 4.30. The normalized spacial score (nSPS) is 12.3. The lowest BCUT2D eigenvalue weighted by molar-refractivity contribution is -0.141. The van der Waals surface area contributed by atoms with Gasteiger partial charge in [-0.1, -0.05) is 25.8 Å². The number of carboxylic acid groups (broad SMARTS) is 1. The highest BCUT2D eigenvalue weighted by Crippen LogP contribution is 2.00. The Morgan fingerprint density at radius 1 is 1.32 bits per heavy atom. The molecule has 0 aliphatic rings. The summed E-state index contributed by atoms with van der Waals surface area (Å²) in [6, 6.07) is -1.08. The van der Waals surface area contributed by atoms with Crippen molar-refractivity contribution in [1.82, 2.24) is 5.32 Å². The fraction of sp³-hybridized carbons (Fsp3) is 0.615. The first-order valence-corrected chi connectivity index (χ1v) is 6.45. The standard InChI is InChI=1S/C13H22N2O4/c1-2-3-4-5-6-7-12(17)15-10(13(18)19)8-9-11(14)16/h6-7,10H,2-5,8-9H2,1H3,(H2,14,16)(H,15,17)(H,18,19)/b7-6+/t10-/m0/s1. The van der Waals surface area contributed by atoms with Gasteiger partial charge in [-0.25, -0.2) is 4.79 Å². The summed E-state index contributed by atoms with van der Waals surface area (Å²) in [6.07, 6.45) is 6.98. The summed E-state index contributed by atoms with van der Waals surface area (Å²) in [6.45, 7) is 2.09. The molecule has 0 radical (unpaired) electrons. The lowest BCUT2D eigenvalue weighted by atomic mass is 10.1. The quantitative estimate of drug-likeness (QED) is 0.405. The third kappa shape index (κ3) is 9.82. The van der Waals surface area contributed by atoms with Crippen LogP contribution in [0, 0.1) is 0 Å². The number of carbonyl (C=O) groups excluding carboxylic acids is 2. The van der Waals surface area contributed by atoms with Crippen LogP contribution in [0.5, 0.6) is 0 Å². The molecule has 2 amide bonds. The molecule has 0 bridgehead atoms. The van der Waals surface area contributed by atoms with E-state index in [4.69, 9.17) is 10.8 Å². The van der Waals surface area contributed by atoms with Gasteiger partial charge in [-0.05, 0) is 25.3 Å². The molecular formula is C13H22N2O4. The Balaban J connectivity index is 4.09. The molecule has 0 saturated heterocycles. The van der Waals surface area contributed by atoms with Gasteiger partial charge in [-0.15, -0.1) is 0 Å². The van der Waals surface area contributed by atoms with E-state index in [1.807, 2.05) is 0 Å². The number of hydrogen-bond donors (Lipinski definition) is 3. The fourth-order valence-corrected chi connectivity index (χ4v) is 1.47. The van der Waals surface area contributed by atoms with Crippen molar-refractivity contribution in [2.75, 3.05) is 0 Å². The Labute approximate surface area is 113 Å². The minimum atomic E-state index is -1.17. The predicted molar refractivity (Wildman–Crippen MR) is 71.3 cm³/mol. The molecule has 0 rings (SSSR count). The van der Waals surface area contributed by atoms with Crippen molar-refractivity contribution in [1.29, 1.82) is 0 Å². The van der Waals surface area contributed by atoms with Gasteiger partial charge in [-0.2, -0.15) is 0 Å². The molecule has 0 fully saturated rings. The van der Waals surface area contributed by atoms with Crippen LogP contribution in [-0.2, 0) is 14.4 Å². The molecule has 4 N–H and O–H groups in total. The molecule has 0 unspecified atom stereocenters. The van der Waals surface area contributed by atoms with E-state index in [9.17, 15) is 14.4 Å². The summed E-state index contributed by atoms with van der Waals surface area (Å²) in [5, 5.41) is 11.2. The van der Waals surface area contributed by atoms with Crippen LogP contribution < -0.4 is 11.1 Å². The second kappa shape index (κ2) is 10.1. The van der Waals surface area contributed by atoms with E-state index in [0.717, 1.165) is 25.7 Å². The van der Waals surface area contributed by atoms with E-state index in [-0.39, 0.29) is 12.8 Å². The van der Waals surface area contributed by atoms with Crippen molar-refractivity contribution in [3.05, 3.63) is 12.2 Å². The lowest BCUT2D eigenvalue weighted by Gasteiger charge is -2.11. The Hall–Kier alpha value is -1.85. The SMILES string of the molecule is CCCCC/C=C/C(=O)N[C@@H](CCC(N)=O)C(=O)O.